The second-order valence-electron chi connectivity index (χ2n) is 16.2. The first-order chi connectivity index (χ1) is 26.8. The lowest BCUT2D eigenvalue weighted by atomic mass is 9.82. The van der Waals surface area contributed by atoms with Gasteiger partial charge in [-0.25, -0.2) is 0 Å². The summed E-state index contributed by atoms with van der Waals surface area (Å²) >= 11 is 0. The molecule has 55 heavy (non-hydrogen) atoms. The van der Waals surface area contributed by atoms with E-state index in [-0.39, 0.29) is 10.8 Å². The van der Waals surface area contributed by atoms with Crippen LogP contribution in [-0.4, -0.2) is 0 Å². The number of rotatable bonds is 6. The molecule has 1 heteroatoms. The third-order valence-corrected chi connectivity index (χ3v) is 12.3. The first kappa shape index (κ1) is 33.2. The molecule has 0 N–H and O–H groups in total. The summed E-state index contributed by atoms with van der Waals surface area (Å²) in [4.78, 5) is 2.48. The van der Waals surface area contributed by atoms with Crippen molar-refractivity contribution in [3.63, 3.8) is 0 Å². The van der Waals surface area contributed by atoms with Gasteiger partial charge < -0.3 is 4.90 Å². The smallest absolute Gasteiger partial charge is 0.0467 e. The Morgan fingerprint density at radius 2 is 0.727 bits per heavy atom. The first-order valence-electron chi connectivity index (χ1n) is 19.4. The predicted octanol–water partition coefficient (Wildman–Crippen LogP) is 14.8. The van der Waals surface area contributed by atoms with E-state index >= 15 is 0 Å². The van der Waals surface area contributed by atoms with Crippen molar-refractivity contribution >= 4 is 17.1 Å². The van der Waals surface area contributed by atoms with Crippen LogP contribution in [0.15, 0.2) is 188 Å². The first-order valence-corrected chi connectivity index (χ1v) is 19.4. The van der Waals surface area contributed by atoms with Gasteiger partial charge in [0.2, 0.25) is 0 Å². The van der Waals surface area contributed by atoms with Gasteiger partial charge in [-0.1, -0.05) is 173 Å². The molecule has 0 amide bonds. The topological polar surface area (TPSA) is 3.24 Å². The lowest BCUT2D eigenvalue weighted by Crippen LogP contribution is -2.18. The quantitative estimate of drug-likeness (QED) is 0.166. The Hall–Kier alpha value is -6.44. The van der Waals surface area contributed by atoms with Crippen molar-refractivity contribution in [1.29, 1.82) is 0 Å². The molecule has 0 fully saturated rings. The van der Waals surface area contributed by atoms with Crippen molar-refractivity contribution in [2.24, 2.45) is 0 Å². The Labute approximate surface area is 325 Å². The van der Waals surface area contributed by atoms with Crippen molar-refractivity contribution in [3.05, 3.63) is 210 Å². The van der Waals surface area contributed by atoms with Crippen LogP contribution in [0.4, 0.5) is 17.1 Å². The van der Waals surface area contributed by atoms with Crippen LogP contribution < -0.4 is 4.90 Å². The van der Waals surface area contributed by atoms with E-state index in [9.17, 15) is 0 Å². The standard InChI is InChI=1S/C54H43N/c1-53(2)49-24-13-11-22-44(49)46-30-27-41(34-51(46)53)55(42-28-31-47-45-23-12-14-25-50(45)54(3,4)52(47)35-42)40-21-15-20-39(32-40)48-33-38(36-16-7-5-8-17-36)26-29-43(48)37-18-9-6-10-19-37/h5-35H,1-4H3. The summed E-state index contributed by atoms with van der Waals surface area (Å²) in [7, 11) is 0. The summed E-state index contributed by atoms with van der Waals surface area (Å²) < 4.78 is 0. The highest BCUT2D eigenvalue weighted by Crippen LogP contribution is 2.53. The molecule has 0 saturated carbocycles. The molecule has 0 heterocycles. The SMILES string of the molecule is CC1(C)c2ccccc2-c2ccc(N(c3cccc(-c4cc(-c5ccccc5)ccc4-c4ccccc4)c3)c3ccc4c(c3)C(C)(C)c3ccccc3-4)cc21. The molecular weight excluding hydrogens is 663 g/mol. The van der Waals surface area contributed by atoms with Gasteiger partial charge in [0.25, 0.3) is 0 Å². The molecular formula is C54H43N. The molecule has 1 nitrogen and oxygen atoms in total. The number of nitrogens with zero attached hydrogens (tertiary/aromatic N) is 1. The number of anilines is 3. The molecule has 264 valence electrons. The molecule has 0 aliphatic heterocycles. The minimum absolute atomic E-state index is 0.112. The van der Waals surface area contributed by atoms with Gasteiger partial charge in [0.05, 0.1) is 0 Å². The van der Waals surface area contributed by atoms with E-state index < -0.39 is 0 Å². The van der Waals surface area contributed by atoms with E-state index in [4.69, 9.17) is 0 Å². The molecule has 0 spiro atoms. The minimum Gasteiger partial charge on any atom is -0.310 e. The van der Waals surface area contributed by atoms with E-state index in [1.165, 1.54) is 77.9 Å². The second kappa shape index (κ2) is 12.6. The van der Waals surface area contributed by atoms with Crippen molar-refractivity contribution in [2.45, 2.75) is 38.5 Å². The van der Waals surface area contributed by atoms with Gasteiger partial charge in [-0.15, -0.1) is 0 Å². The molecule has 8 aromatic carbocycles. The zero-order valence-corrected chi connectivity index (χ0v) is 31.8. The Kier molecular flexibility index (Phi) is 7.58. The van der Waals surface area contributed by atoms with Crippen molar-refractivity contribution in [1.82, 2.24) is 0 Å². The summed E-state index contributed by atoms with van der Waals surface area (Å²) in [5.74, 6) is 0. The zero-order chi connectivity index (χ0) is 37.3. The third kappa shape index (κ3) is 5.29. The maximum Gasteiger partial charge on any atom is 0.0467 e. The van der Waals surface area contributed by atoms with Crippen molar-refractivity contribution in [3.8, 4) is 55.6 Å². The maximum absolute atomic E-state index is 2.48. The van der Waals surface area contributed by atoms with E-state index in [1.54, 1.807) is 0 Å². The molecule has 2 aliphatic rings. The average molecular weight is 706 g/mol. The molecule has 2 aliphatic carbocycles. The largest absolute Gasteiger partial charge is 0.310 e. The Balaban J connectivity index is 1.17. The van der Waals surface area contributed by atoms with Crippen LogP contribution in [0.1, 0.15) is 49.9 Å². The minimum atomic E-state index is -0.112. The second-order valence-corrected chi connectivity index (χ2v) is 16.2. The summed E-state index contributed by atoms with van der Waals surface area (Å²) in [5, 5.41) is 0. The summed E-state index contributed by atoms with van der Waals surface area (Å²) in [5.41, 5.74) is 21.3. The van der Waals surface area contributed by atoms with Crippen molar-refractivity contribution in [2.75, 3.05) is 4.90 Å². The number of benzene rings is 8. The number of hydrogen-bond acceptors (Lipinski definition) is 1. The van der Waals surface area contributed by atoms with Crippen LogP contribution in [0.3, 0.4) is 0 Å². The molecule has 0 unspecified atom stereocenters. The van der Waals surface area contributed by atoms with Crippen LogP contribution in [-0.2, 0) is 10.8 Å². The summed E-state index contributed by atoms with van der Waals surface area (Å²) in [6.45, 7) is 9.47. The van der Waals surface area contributed by atoms with Crippen molar-refractivity contribution < 1.29 is 0 Å². The van der Waals surface area contributed by atoms with E-state index in [1.807, 2.05) is 0 Å². The van der Waals surface area contributed by atoms with Gasteiger partial charge in [0.1, 0.15) is 0 Å². The van der Waals surface area contributed by atoms with Gasteiger partial charge in [-0.3, -0.25) is 0 Å². The van der Waals surface area contributed by atoms with Crippen LogP contribution in [0.2, 0.25) is 0 Å². The normalized spacial score (nSPS) is 14.1. The van der Waals surface area contributed by atoms with Gasteiger partial charge in [-0.05, 0) is 120 Å². The summed E-state index contributed by atoms with van der Waals surface area (Å²) in [6, 6.07) is 69.6. The third-order valence-electron chi connectivity index (χ3n) is 12.3. The van der Waals surface area contributed by atoms with Crippen LogP contribution in [0, 0.1) is 0 Å². The highest BCUT2D eigenvalue weighted by Gasteiger charge is 2.37. The van der Waals surface area contributed by atoms with Gasteiger partial charge in [0.15, 0.2) is 0 Å². The fraction of sp³-hybridized carbons (Fsp3) is 0.111. The highest BCUT2D eigenvalue weighted by atomic mass is 15.1. The maximum atomic E-state index is 2.48. The molecule has 0 saturated heterocycles. The van der Waals surface area contributed by atoms with E-state index in [2.05, 4.69) is 221 Å². The van der Waals surface area contributed by atoms with Gasteiger partial charge >= 0.3 is 0 Å². The Morgan fingerprint density at radius 3 is 1.31 bits per heavy atom. The Morgan fingerprint density at radius 1 is 0.273 bits per heavy atom. The monoisotopic (exact) mass is 705 g/mol. The lowest BCUT2D eigenvalue weighted by molar-refractivity contribution is 0.660. The molecule has 8 aromatic rings. The molecule has 0 aromatic heterocycles. The van der Waals surface area contributed by atoms with Gasteiger partial charge in [-0.2, -0.15) is 0 Å². The van der Waals surface area contributed by atoms with Gasteiger partial charge in [0, 0.05) is 27.9 Å². The fourth-order valence-electron chi connectivity index (χ4n) is 9.39. The number of hydrogen-bond donors (Lipinski definition) is 0. The average Bonchev–Trinajstić information content (AvgIpc) is 3.60. The van der Waals surface area contributed by atoms with Crippen LogP contribution >= 0.6 is 0 Å². The predicted molar refractivity (Wildman–Crippen MR) is 233 cm³/mol. The van der Waals surface area contributed by atoms with Crippen LogP contribution in [0.5, 0.6) is 0 Å². The van der Waals surface area contributed by atoms with E-state index in [0.29, 0.717) is 0 Å². The number of fused-ring (bicyclic) bond motifs is 6. The molecule has 10 rings (SSSR count). The lowest BCUT2D eigenvalue weighted by Gasteiger charge is -2.30. The van der Waals surface area contributed by atoms with E-state index in [0.717, 1.165) is 17.1 Å². The highest BCUT2D eigenvalue weighted by molar-refractivity contribution is 5.92. The fourth-order valence-corrected chi connectivity index (χ4v) is 9.39. The molecule has 0 atom stereocenters. The van der Waals surface area contributed by atoms with Crippen LogP contribution in [0.25, 0.3) is 55.6 Å². The molecule has 0 bridgehead atoms. The summed E-state index contributed by atoms with van der Waals surface area (Å²) in [6.07, 6.45) is 0. The Bertz CT molecular complexity index is 2650. The zero-order valence-electron chi connectivity index (χ0n) is 31.8. The molecule has 0 radical (unpaired) electrons.